The molecule has 0 aliphatic carbocycles. The van der Waals surface area contributed by atoms with Crippen LogP contribution in [0.4, 0.5) is 11.4 Å². The summed E-state index contributed by atoms with van der Waals surface area (Å²) < 4.78 is 36.7. The number of nitrogens with one attached hydrogen (secondary N) is 1. The number of hydrogen-bond donors (Lipinski definition) is 1. The molecule has 0 saturated heterocycles. The van der Waals surface area contributed by atoms with Crippen LogP contribution >= 0.6 is 0 Å². The Labute approximate surface area is 187 Å². The zero-order valence-electron chi connectivity index (χ0n) is 18.6. The van der Waals surface area contributed by atoms with Gasteiger partial charge in [-0.15, -0.1) is 0 Å². The Kier molecular flexibility index (Phi) is 8.03. The molecule has 0 heterocycles. The van der Waals surface area contributed by atoms with Gasteiger partial charge in [-0.25, -0.2) is 8.42 Å². The van der Waals surface area contributed by atoms with E-state index in [0.29, 0.717) is 17.1 Å². The molecule has 0 saturated carbocycles. The maximum absolute atomic E-state index is 13.2. The van der Waals surface area contributed by atoms with Gasteiger partial charge in [0.25, 0.3) is 5.69 Å². The van der Waals surface area contributed by atoms with Crippen molar-refractivity contribution in [3.63, 3.8) is 0 Å². The van der Waals surface area contributed by atoms with E-state index < -0.39 is 32.9 Å². The molecule has 0 aliphatic heterocycles. The standard InChI is InChI=1S/C21H27N3O7S/c1-6-19(23(32(5,28)29)15-8-7-9-16(12-15)24(26)27)21(25)22-14(2)18-13-17(30-3)10-11-20(18)31-4/h7-14,19H,6H2,1-5H3,(H,22,25)/t14-,19-/m1/s1. The van der Waals surface area contributed by atoms with Gasteiger partial charge < -0.3 is 14.8 Å². The second-order valence-corrected chi connectivity index (χ2v) is 8.96. The summed E-state index contributed by atoms with van der Waals surface area (Å²) in [5.41, 5.74) is 0.410. The van der Waals surface area contributed by atoms with E-state index in [1.165, 1.54) is 32.4 Å². The number of nitrogens with zero attached hydrogens (tertiary/aromatic N) is 2. The van der Waals surface area contributed by atoms with E-state index >= 15 is 0 Å². The zero-order chi connectivity index (χ0) is 24.1. The fourth-order valence-electron chi connectivity index (χ4n) is 3.37. The molecule has 2 aromatic carbocycles. The molecular formula is C21H27N3O7S. The fourth-order valence-corrected chi connectivity index (χ4v) is 4.57. The monoisotopic (exact) mass is 465 g/mol. The van der Waals surface area contributed by atoms with Crippen molar-refractivity contribution < 1.29 is 27.6 Å². The third-order valence-corrected chi connectivity index (χ3v) is 6.07. The summed E-state index contributed by atoms with van der Waals surface area (Å²) in [5, 5.41) is 14.0. The number of rotatable bonds is 10. The second kappa shape index (κ2) is 10.3. The summed E-state index contributed by atoms with van der Waals surface area (Å²) in [4.78, 5) is 23.7. The van der Waals surface area contributed by atoms with Gasteiger partial charge in [-0.2, -0.15) is 0 Å². The van der Waals surface area contributed by atoms with Crippen molar-refractivity contribution in [2.45, 2.75) is 32.4 Å². The van der Waals surface area contributed by atoms with Crippen LogP contribution in [0.25, 0.3) is 0 Å². The van der Waals surface area contributed by atoms with Crippen molar-refractivity contribution >= 4 is 27.3 Å². The first kappa shape index (κ1) is 24.9. The third kappa shape index (κ3) is 5.67. The number of amides is 1. The third-order valence-electron chi connectivity index (χ3n) is 4.89. The Morgan fingerprint density at radius 1 is 1.19 bits per heavy atom. The summed E-state index contributed by atoms with van der Waals surface area (Å²) in [6.07, 6.45) is 1.10. The van der Waals surface area contributed by atoms with Gasteiger partial charge in [-0.3, -0.25) is 19.2 Å². The van der Waals surface area contributed by atoms with Crippen LogP contribution in [0.5, 0.6) is 11.5 Å². The van der Waals surface area contributed by atoms with Crippen molar-refractivity contribution in [2.24, 2.45) is 0 Å². The average Bonchev–Trinajstić information content (AvgIpc) is 2.75. The van der Waals surface area contributed by atoms with Crippen molar-refractivity contribution in [3.05, 3.63) is 58.1 Å². The van der Waals surface area contributed by atoms with Crippen LogP contribution in [0.1, 0.15) is 31.9 Å². The lowest BCUT2D eigenvalue weighted by molar-refractivity contribution is -0.384. The smallest absolute Gasteiger partial charge is 0.271 e. The van der Waals surface area contributed by atoms with Crippen LogP contribution in [0.15, 0.2) is 42.5 Å². The maximum atomic E-state index is 13.2. The quantitative estimate of drug-likeness (QED) is 0.422. The number of non-ortho nitro benzene ring substituents is 1. The lowest BCUT2D eigenvalue weighted by atomic mass is 10.1. The van der Waals surface area contributed by atoms with Gasteiger partial charge in [0.2, 0.25) is 15.9 Å². The molecule has 32 heavy (non-hydrogen) atoms. The Morgan fingerprint density at radius 3 is 2.41 bits per heavy atom. The van der Waals surface area contributed by atoms with Gasteiger partial charge >= 0.3 is 0 Å². The Bertz CT molecular complexity index is 1090. The highest BCUT2D eigenvalue weighted by Gasteiger charge is 2.33. The first-order valence-corrected chi connectivity index (χ1v) is 11.6. The van der Waals surface area contributed by atoms with E-state index in [0.717, 1.165) is 16.6 Å². The van der Waals surface area contributed by atoms with Gasteiger partial charge in [0.05, 0.1) is 37.1 Å². The van der Waals surface area contributed by atoms with Gasteiger partial charge in [-0.1, -0.05) is 13.0 Å². The van der Waals surface area contributed by atoms with Crippen LogP contribution < -0.4 is 19.1 Å². The summed E-state index contributed by atoms with van der Waals surface area (Å²) in [6, 6.07) is 8.67. The van der Waals surface area contributed by atoms with E-state index in [1.807, 2.05) is 0 Å². The molecular weight excluding hydrogens is 438 g/mol. The normalized spacial score (nSPS) is 13.0. The highest BCUT2D eigenvalue weighted by molar-refractivity contribution is 7.92. The minimum Gasteiger partial charge on any atom is -0.497 e. The van der Waals surface area contributed by atoms with Crippen molar-refractivity contribution in [3.8, 4) is 11.5 Å². The minimum absolute atomic E-state index is 0.0373. The Morgan fingerprint density at radius 2 is 1.88 bits per heavy atom. The summed E-state index contributed by atoms with van der Waals surface area (Å²) >= 11 is 0. The molecule has 0 fully saturated rings. The topological polar surface area (TPSA) is 128 Å². The number of hydrogen-bond acceptors (Lipinski definition) is 7. The molecule has 0 spiro atoms. The number of nitro groups is 1. The van der Waals surface area contributed by atoms with E-state index in [4.69, 9.17) is 9.47 Å². The van der Waals surface area contributed by atoms with Crippen molar-refractivity contribution in [1.29, 1.82) is 0 Å². The minimum atomic E-state index is -3.94. The van der Waals surface area contributed by atoms with Gasteiger partial charge in [0.15, 0.2) is 0 Å². The highest BCUT2D eigenvalue weighted by atomic mass is 32.2. The number of methoxy groups -OCH3 is 2. The first-order valence-electron chi connectivity index (χ1n) is 9.79. The summed E-state index contributed by atoms with van der Waals surface area (Å²) in [6.45, 7) is 3.40. The van der Waals surface area contributed by atoms with Crippen LogP contribution in [-0.2, 0) is 14.8 Å². The van der Waals surface area contributed by atoms with Crippen molar-refractivity contribution in [1.82, 2.24) is 5.32 Å². The molecule has 1 amide bonds. The Hall–Kier alpha value is -3.34. The second-order valence-electron chi connectivity index (χ2n) is 7.10. The zero-order valence-corrected chi connectivity index (χ0v) is 19.4. The number of sulfonamides is 1. The Balaban J connectivity index is 2.41. The average molecular weight is 466 g/mol. The van der Waals surface area contributed by atoms with Crippen LogP contribution in [0.2, 0.25) is 0 Å². The van der Waals surface area contributed by atoms with E-state index in [9.17, 15) is 23.3 Å². The molecule has 11 heteroatoms. The van der Waals surface area contributed by atoms with Crippen LogP contribution in [0.3, 0.4) is 0 Å². The van der Waals surface area contributed by atoms with Crippen LogP contribution in [-0.4, -0.2) is 45.8 Å². The molecule has 2 atom stereocenters. The molecule has 0 radical (unpaired) electrons. The molecule has 2 rings (SSSR count). The maximum Gasteiger partial charge on any atom is 0.271 e. The van der Waals surface area contributed by atoms with Gasteiger partial charge in [0, 0.05) is 17.7 Å². The van der Waals surface area contributed by atoms with E-state index in [-0.39, 0.29) is 17.8 Å². The number of carbonyl (C=O) groups excluding carboxylic acids is 1. The summed E-state index contributed by atoms with van der Waals surface area (Å²) in [5.74, 6) is 0.551. The molecule has 1 N–H and O–H groups in total. The SMILES string of the molecule is CC[C@H](C(=O)N[C@H](C)c1cc(OC)ccc1OC)N(c1cccc([N+](=O)[O-])c1)S(C)(=O)=O. The van der Waals surface area contributed by atoms with Gasteiger partial charge in [-0.05, 0) is 37.6 Å². The number of ether oxygens (including phenoxy) is 2. The first-order chi connectivity index (χ1) is 15.0. The highest BCUT2D eigenvalue weighted by Crippen LogP contribution is 2.30. The number of nitro benzene ring substituents is 1. The number of carbonyl (C=O) groups is 1. The number of anilines is 1. The lowest BCUT2D eigenvalue weighted by Crippen LogP contribution is -2.49. The summed E-state index contributed by atoms with van der Waals surface area (Å²) in [7, 11) is -0.914. The molecule has 2 aromatic rings. The molecule has 0 aromatic heterocycles. The van der Waals surface area contributed by atoms with E-state index in [2.05, 4.69) is 5.32 Å². The molecule has 174 valence electrons. The molecule has 0 bridgehead atoms. The van der Waals surface area contributed by atoms with Crippen LogP contribution in [0, 0.1) is 10.1 Å². The predicted octanol–water partition coefficient (Wildman–Crippen LogP) is 3.03. The molecule has 0 aliphatic rings. The largest absolute Gasteiger partial charge is 0.497 e. The fraction of sp³-hybridized carbons (Fsp3) is 0.381. The predicted molar refractivity (Wildman–Crippen MR) is 121 cm³/mol. The molecule has 10 nitrogen and oxygen atoms in total. The number of benzene rings is 2. The van der Waals surface area contributed by atoms with E-state index in [1.54, 1.807) is 32.0 Å². The lowest BCUT2D eigenvalue weighted by Gasteiger charge is -2.31. The van der Waals surface area contributed by atoms with Crippen molar-refractivity contribution in [2.75, 3.05) is 24.8 Å². The molecule has 0 unspecified atom stereocenters. The van der Waals surface area contributed by atoms with Gasteiger partial charge in [0.1, 0.15) is 17.5 Å².